The molecule has 0 aromatic carbocycles. The molecule has 0 nitrogen and oxygen atoms in total. The summed E-state index contributed by atoms with van der Waals surface area (Å²) >= 11 is 0. The van der Waals surface area contributed by atoms with Gasteiger partial charge in [-0.05, 0) is 56.8 Å². The van der Waals surface area contributed by atoms with Crippen molar-refractivity contribution >= 4 is 0 Å². The SMILES string of the molecule is CC/C(C)=C(\C)C[C@H](F)C(C)[C@H]1CCC1(C)C. The van der Waals surface area contributed by atoms with Crippen molar-refractivity contribution in [1.29, 1.82) is 0 Å². The highest BCUT2D eigenvalue weighted by Crippen LogP contribution is 2.51. The van der Waals surface area contributed by atoms with Gasteiger partial charge in [0, 0.05) is 0 Å². The molecule has 0 aliphatic heterocycles. The monoisotopic (exact) mass is 240 g/mol. The predicted octanol–water partition coefficient (Wildman–Crippen LogP) is 5.53. The van der Waals surface area contributed by atoms with Crippen molar-refractivity contribution < 1.29 is 4.39 Å². The maximum atomic E-state index is 14.3. The Morgan fingerprint density at radius 3 is 2.24 bits per heavy atom. The van der Waals surface area contributed by atoms with E-state index in [4.69, 9.17) is 0 Å². The van der Waals surface area contributed by atoms with E-state index in [1.165, 1.54) is 24.0 Å². The number of alkyl halides is 1. The van der Waals surface area contributed by atoms with Crippen LogP contribution >= 0.6 is 0 Å². The molecule has 1 rings (SSSR count). The second-order valence-corrected chi connectivity index (χ2v) is 6.63. The van der Waals surface area contributed by atoms with E-state index in [0.29, 0.717) is 17.8 Å². The third kappa shape index (κ3) is 3.33. The Morgan fingerprint density at radius 2 is 1.88 bits per heavy atom. The van der Waals surface area contributed by atoms with Crippen molar-refractivity contribution in [3.63, 3.8) is 0 Å². The largest absolute Gasteiger partial charge is 0.247 e. The average Bonchev–Trinajstić information content (AvgIpc) is 2.26. The van der Waals surface area contributed by atoms with Crippen LogP contribution in [-0.4, -0.2) is 6.17 Å². The topological polar surface area (TPSA) is 0 Å². The molecule has 0 aromatic heterocycles. The zero-order chi connectivity index (χ0) is 13.2. The minimum absolute atomic E-state index is 0.207. The Morgan fingerprint density at radius 1 is 1.29 bits per heavy atom. The van der Waals surface area contributed by atoms with Gasteiger partial charge in [0.15, 0.2) is 0 Å². The Balaban J connectivity index is 2.56. The lowest BCUT2D eigenvalue weighted by molar-refractivity contribution is -0.00578. The highest BCUT2D eigenvalue weighted by Gasteiger charge is 2.43. The summed E-state index contributed by atoms with van der Waals surface area (Å²) in [7, 11) is 0. The fourth-order valence-corrected chi connectivity index (χ4v) is 3.07. The Labute approximate surface area is 107 Å². The van der Waals surface area contributed by atoms with Gasteiger partial charge >= 0.3 is 0 Å². The minimum Gasteiger partial charge on any atom is -0.247 e. The van der Waals surface area contributed by atoms with E-state index < -0.39 is 6.17 Å². The van der Waals surface area contributed by atoms with Gasteiger partial charge < -0.3 is 0 Å². The van der Waals surface area contributed by atoms with Crippen LogP contribution in [0.3, 0.4) is 0 Å². The molecule has 0 saturated heterocycles. The van der Waals surface area contributed by atoms with Crippen LogP contribution in [0, 0.1) is 17.3 Å². The molecule has 1 aliphatic rings. The summed E-state index contributed by atoms with van der Waals surface area (Å²) in [5, 5.41) is 0. The lowest BCUT2D eigenvalue weighted by atomic mass is 9.57. The molecule has 0 radical (unpaired) electrons. The molecule has 1 heteroatoms. The second-order valence-electron chi connectivity index (χ2n) is 6.63. The smallest absolute Gasteiger partial charge is 0.107 e. The van der Waals surface area contributed by atoms with E-state index in [1.807, 2.05) is 0 Å². The number of hydrogen-bond acceptors (Lipinski definition) is 0. The van der Waals surface area contributed by atoms with Crippen LogP contribution in [0.25, 0.3) is 0 Å². The maximum Gasteiger partial charge on any atom is 0.107 e. The van der Waals surface area contributed by atoms with Crippen molar-refractivity contribution in [3.8, 4) is 0 Å². The van der Waals surface area contributed by atoms with Crippen molar-refractivity contribution in [1.82, 2.24) is 0 Å². The molecular formula is C16H29F. The summed E-state index contributed by atoms with van der Waals surface area (Å²) in [4.78, 5) is 0. The first-order valence-electron chi connectivity index (χ1n) is 7.09. The number of hydrogen-bond donors (Lipinski definition) is 0. The Bertz CT molecular complexity index is 288. The number of allylic oxidation sites excluding steroid dienone is 2. The quantitative estimate of drug-likeness (QED) is 0.554. The second kappa shape index (κ2) is 5.54. The molecular weight excluding hydrogens is 211 g/mol. The summed E-state index contributed by atoms with van der Waals surface area (Å²) in [6.07, 6.45) is 3.48. The molecule has 1 unspecified atom stereocenters. The summed E-state index contributed by atoms with van der Waals surface area (Å²) < 4.78 is 14.3. The lowest BCUT2D eigenvalue weighted by Gasteiger charge is -2.48. The van der Waals surface area contributed by atoms with Crippen LogP contribution in [0.15, 0.2) is 11.1 Å². The molecule has 1 aliphatic carbocycles. The number of halogens is 1. The fraction of sp³-hybridized carbons (Fsp3) is 0.875. The lowest BCUT2D eigenvalue weighted by Crippen LogP contribution is -2.42. The highest BCUT2D eigenvalue weighted by atomic mass is 19.1. The fourth-order valence-electron chi connectivity index (χ4n) is 3.07. The van der Waals surface area contributed by atoms with Gasteiger partial charge in [0.25, 0.3) is 0 Å². The van der Waals surface area contributed by atoms with Crippen LogP contribution in [0.2, 0.25) is 0 Å². The van der Waals surface area contributed by atoms with Crippen molar-refractivity contribution in [2.24, 2.45) is 17.3 Å². The van der Waals surface area contributed by atoms with Gasteiger partial charge in [-0.25, -0.2) is 4.39 Å². The molecule has 100 valence electrons. The summed E-state index contributed by atoms with van der Waals surface area (Å²) in [6, 6.07) is 0. The summed E-state index contributed by atoms with van der Waals surface area (Å²) in [5.41, 5.74) is 2.97. The standard InChI is InChI=1S/C16H29F/c1-7-11(2)12(3)10-15(17)13(4)14-8-9-16(14,5)6/h13-15H,7-10H2,1-6H3/b12-11+/t13?,14-,15+/m1/s1. The molecule has 17 heavy (non-hydrogen) atoms. The van der Waals surface area contributed by atoms with Crippen LogP contribution < -0.4 is 0 Å². The molecule has 3 atom stereocenters. The van der Waals surface area contributed by atoms with Crippen molar-refractivity contribution in [3.05, 3.63) is 11.1 Å². The van der Waals surface area contributed by atoms with E-state index in [2.05, 4.69) is 41.5 Å². The van der Waals surface area contributed by atoms with Crippen LogP contribution in [0.5, 0.6) is 0 Å². The van der Waals surface area contributed by atoms with E-state index in [9.17, 15) is 4.39 Å². The zero-order valence-electron chi connectivity index (χ0n) is 12.4. The van der Waals surface area contributed by atoms with Gasteiger partial charge in [-0.1, -0.05) is 38.8 Å². The van der Waals surface area contributed by atoms with Crippen molar-refractivity contribution in [2.75, 3.05) is 0 Å². The third-order valence-electron chi connectivity index (χ3n) is 5.07. The molecule has 0 heterocycles. The highest BCUT2D eigenvalue weighted by molar-refractivity contribution is 5.10. The normalized spacial score (nSPS) is 28.1. The van der Waals surface area contributed by atoms with E-state index in [-0.39, 0.29) is 5.92 Å². The Kier molecular flexibility index (Phi) is 4.80. The molecule has 0 N–H and O–H groups in total. The Hall–Kier alpha value is -0.330. The van der Waals surface area contributed by atoms with Crippen LogP contribution in [-0.2, 0) is 0 Å². The summed E-state index contributed by atoms with van der Waals surface area (Å²) in [5.74, 6) is 0.783. The number of rotatable bonds is 5. The van der Waals surface area contributed by atoms with Crippen LogP contribution in [0.1, 0.15) is 67.2 Å². The maximum absolute atomic E-state index is 14.3. The van der Waals surface area contributed by atoms with Gasteiger partial charge in [0.2, 0.25) is 0 Å². The molecule has 0 bridgehead atoms. The van der Waals surface area contributed by atoms with Crippen LogP contribution in [0.4, 0.5) is 4.39 Å². The average molecular weight is 240 g/mol. The van der Waals surface area contributed by atoms with Gasteiger partial charge in [0.05, 0.1) is 0 Å². The van der Waals surface area contributed by atoms with Gasteiger partial charge in [-0.2, -0.15) is 0 Å². The van der Waals surface area contributed by atoms with Gasteiger partial charge in [0.1, 0.15) is 6.17 Å². The summed E-state index contributed by atoms with van der Waals surface area (Å²) in [6.45, 7) is 13.0. The minimum atomic E-state index is -0.666. The molecule has 1 saturated carbocycles. The van der Waals surface area contributed by atoms with E-state index in [0.717, 1.165) is 6.42 Å². The van der Waals surface area contributed by atoms with E-state index in [1.54, 1.807) is 0 Å². The zero-order valence-corrected chi connectivity index (χ0v) is 12.4. The first-order chi connectivity index (χ1) is 7.79. The first-order valence-corrected chi connectivity index (χ1v) is 7.09. The molecule has 0 aromatic rings. The van der Waals surface area contributed by atoms with Gasteiger partial charge in [-0.15, -0.1) is 0 Å². The van der Waals surface area contributed by atoms with E-state index >= 15 is 0 Å². The first kappa shape index (κ1) is 14.7. The molecule has 0 amide bonds. The van der Waals surface area contributed by atoms with Crippen molar-refractivity contribution in [2.45, 2.75) is 73.4 Å². The predicted molar refractivity (Wildman–Crippen MR) is 73.8 cm³/mol. The third-order valence-corrected chi connectivity index (χ3v) is 5.07. The molecule has 1 fully saturated rings. The van der Waals surface area contributed by atoms with Gasteiger partial charge in [-0.3, -0.25) is 0 Å². The molecule has 0 spiro atoms.